The summed E-state index contributed by atoms with van der Waals surface area (Å²) in [7, 11) is 0. The van der Waals surface area contributed by atoms with Gasteiger partial charge in [0.2, 0.25) is 0 Å². The number of hydrogen-bond acceptors (Lipinski definition) is 4. The van der Waals surface area contributed by atoms with Crippen molar-refractivity contribution in [1.82, 2.24) is 5.32 Å². The lowest BCUT2D eigenvalue weighted by Crippen LogP contribution is -2.26. The second-order valence-electron chi connectivity index (χ2n) is 8.98. The zero-order valence-electron chi connectivity index (χ0n) is 20.4. The normalized spacial score (nSPS) is 13.0. The smallest absolute Gasteiger partial charge is 0.0915 e. The van der Waals surface area contributed by atoms with Gasteiger partial charge in [0, 0.05) is 19.2 Å². The third-order valence-corrected chi connectivity index (χ3v) is 6.81. The highest BCUT2D eigenvalue weighted by atomic mass is 35.5. The summed E-state index contributed by atoms with van der Waals surface area (Å²) in [5.41, 5.74) is 10.6. The average molecular weight is 516 g/mol. The Balaban J connectivity index is 1.41. The van der Waals surface area contributed by atoms with Crippen molar-refractivity contribution in [1.29, 1.82) is 0 Å². The number of benzene rings is 3. The highest BCUT2D eigenvalue weighted by Gasteiger charge is 2.16. The molecule has 0 aliphatic heterocycles. The van der Waals surface area contributed by atoms with Crippen LogP contribution in [0.25, 0.3) is 0 Å². The maximum Gasteiger partial charge on any atom is 0.0915 e. The zero-order valence-corrected chi connectivity index (χ0v) is 21.9. The minimum Gasteiger partial charge on any atom is -0.396 e. The van der Waals surface area contributed by atoms with Crippen molar-refractivity contribution >= 4 is 28.9 Å². The van der Waals surface area contributed by atoms with Crippen molar-refractivity contribution in [2.75, 3.05) is 25.5 Å². The molecule has 0 amide bonds. The van der Waals surface area contributed by atoms with Crippen LogP contribution in [0.5, 0.6) is 0 Å². The Morgan fingerprint density at radius 1 is 0.886 bits per heavy atom. The first-order chi connectivity index (χ1) is 16.9. The van der Waals surface area contributed by atoms with E-state index < -0.39 is 6.10 Å². The molecule has 0 spiro atoms. The Hall–Kier alpha value is -2.08. The van der Waals surface area contributed by atoms with Crippen LogP contribution >= 0.6 is 23.2 Å². The van der Waals surface area contributed by atoms with Crippen LogP contribution < -0.4 is 11.1 Å². The van der Waals surface area contributed by atoms with Gasteiger partial charge in [-0.25, -0.2) is 0 Å². The van der Waals surface area contributed by atoms with Crippen LogP contribution in [0.1, 0.15) is 60.1 Å². The van der Waals surface area contributed by atoms with E-state index in [1.54, 1.807) is 12.1 Å². The molecule has 6 heteroatoms. The Bertz CT molecular complexity index is 1010. The van der Waals surface area contributed by atoms with Gasteiger partial charge >= 0.3 is 0 Å². The molecule has 2 atom stereocenters. The first kappa shape index (κ1) is 27.5. The highest BCUT2D eigenvalue weighted by Crippen LogP contribution is 2.31. The standard InChI is InChI=1S/C29H36Cl2N2O2/c1-21-11-13-22(14-12-21)15-17-35-16-7-3-6-10-27(23-8-4-2-5-9-23)33-20-28(34)24-18-25(30)29(32)26(31)19-24/h2,4-5,8-9,11-14,18-19,27-28,33-34H,3,6-7,10,15-17,20,32H2,1H3. The van der Waals surface area contributed by atoms with Gasteiger partial charge in [-0.1, -0.05) is 96.2 Å². The maximum absolute atomic E-state index is 10.7. The fourth-order valence-corrected chi connectivity index (χ4v) is 4.52. The number of anilines is 1. The van der Waals surface area contributed by atoms with Crippen LogP contribution in [0.4, 0.5) is 5.69 Å². The molecule has 35 heavy (non-hydrogen) atoms. The Morgan fingerprint density at radius 2 is 1.57 bits per heavy atom. The highest BCUT2D eigenvalue weighted by molar-refractivity contribution is 6.38. The Labute approximate surface area is 219 Å². The van der Waals surface area contributed by atoms with Gasteiger partial charge in [-0.2, -0.15) is 0 Å². The van der Waals surface area contributed by atoms with E-state index in [0.717, 1.165) is 45.3 Å². The van der Waals surface area contributed by atoms with Crippen LogP contribution in [-0.4, -0.2) is 24.9 Å². The van der Waals surface area contributed by atoms with E-state index in [4.69, 9.17) is 33.7 Å². The van der Waals surface area contributed by atoms with Crippen LogP contribution in [-0.2, 0) is 11.2 Å². The van der Waals surface area contributed by atoms with Gasteiger partial charge in [0.1, 0.15) is 0 Å². The molecule has 0 aromatic heterocycles. The molecule has 0 bridgehead atoms. The summed E-state index contributed by atoms with van der Waals surface area (Å²) in [4.78, 5) is 0. The minimum absolute atomic E-state index is 0.146. The van der Waals surface area contributed by atoms with Crippen LogP contribution in [0.2, 0.25) is 10.0 Å². The van der Waals surface area contributed by atoms with Gasteiger partial charge in [-0.15, -0.1) is 0 Å². The lowest BCUT2D eigenvalue weighted by atomic mass is 9.99. The van der Waals surface area contributed by atoms with E-state index >= 15 is 0 Å². The molecule has 4 nitrogen and oxygen atoms in total. The molecule has 0 heterocycles. The summed E-state index contributed by atoms with van der Waals surface area (Å²) in [6.07, 6.45) is 4.40. The molecule has 0 radical (unpaired) electrons. The summed E-state index contributed by atoms with van der Waals surface area (Å²) in [6, 6.07) is 22.5. The summed E-state index contributed by atoms with van der Waals surface area (Å²) in [5.74, 6) is 0. The summed E-state index contributed by atoms with van der Waals surface area (Å²) >= 11 is 12.3. The van der Waals surface area contributed by atoms with E-state index in [0.29, 0.717) is 27.8 Å². The third kappa shape index (κ3) is 9.14. The number of nitrogen functional groups attached to an aromatic ring is 1. The molecular weight excluding hydrogens is 479 g/mol. The predicted octanol–water partition coefficient (Wildman–Crippen LogP) is 7.07. The fraction of sp³-hybridized carbons (Fsp3) is 0.379. The second kappa shape index (κ2) is 14.5. The minimum atomic E-state index is -0.737. The number of nitrogens with one attached hydrogen (secondary N) is 1. The number of aliphatic hydroxyl groups excluding tert-OH is 1. The summed E-state index contributed by atoms with van der Waals surface area (Å²) in [5, 5.41) is 14.9. The number of halogens is 2. The van der Waals surface area contributed by atoms with Crippen molar-refractivity contribution in [3.63, 3.8) is 0 Å². The van der Waals surface area contributed by atoms with Crippen molar-refractivity contribution in [3.8, 4) is 0 Å². The van der Waals surface area contributed by atoms with Crippen molar-refractivity contribution in [2.24, 2.45) is 0 Å². The number of aliphatic hydroxyl groups is 1. The zero-order chi connectivity index (χ0) is 25.0. The molecule has 0 saturated carbocycles. The van der Waals surface area contributed by atoms with Gasteiger partial charge in [0.25, 0.3) is 0 Å². The van der Waals surface area contributed by atoms with E-state index in [1.807, 2.05) is 18.2 Å². The second-order valence-corrected chi connectivity index (χ2v) is 9.80. The summed E-state index contributed by atoms with van der Waals surface area (Å²) in [6.45, 7) is 4.03. The lowest BCUT2D eigenvalue weighted by molar-refractivity contribution is 0.132. The molecule has 3 aromatic carbocycles. The first-order valence-electron chi connectivity index (χ1n) is 12.3. The molecular formula is C29H36Cl2N2O2. The van der Waals surface area contributed by atoms with E-state index in [9.17, 15) is 5.11 Å². The number of aryl methyl sites for hydroxylation is 1. The van der Waals surface area contributed by atoms with Gasteiger partial charge in [0.05, 0.1) is 28.4 Å². The SMILES string of the molecule is Cc1ccc(CCOCCCCCC(NCC(O)c2cc(Cl)c(N)c(Cl)c2)c2ccccc2)cc1. The molecule has 188 valence electrons. The molecule has 4 N–H and O–H groups in total. The van der Waals surface area contributed by atoms with Gasteiger partial charge in [-0.3, -0.25) is 0 Å². The molecule has 0 aliphatic carbocycles. The number of unbranched alkanes of at least 4 members (excludes halogenated alkanes) is 2. The van der Waals surface area contributed by atoms with Crippen LogP contribution in [0, 0.1) is 6.92 Å². The fourth-order valence-electron chi connectivity index (χ4n) is 4.02. The monoisotopic (exact) mass is 514 g/mol. The molecule has 0 fully saturated rings. The van der Waals surface area contributed by atoms with Gasteiger partial charge in [0.15, 0.2) is 0 Å². The van der Waals surface area contributed by atoms with Crippen LogP contribution in [0.15, 0.2) is 66.7 Å². The van der Waals surface area contributed by atoms with Crippen molar-refractivity contribution < 1.29 is 9.84 Å². The van der Waals surface area contributed by atoms with E-state index in [-0.39, 0.29) is 6.04 Å². The molecule has 0 aliphatic rings. The number of ether oxygens (including phenoxy) is 1. The Kier molecular flexibility index (Phi) is 11.4. The van der Waals surface area contributed by atoms with Crippen LogP contribution in [0.3, 0.4) is 0 Å². The first-order valence-corrected chi connectivity index (χ1v) is 13.0. The van der Waals surface area contributed by atoms with Crippen molar-refractivity contribution in [2.45, 2.75) is 51.2 Å². The lowest BCUT2D eigenvalue weighted by Gasteiger charge is -2.22. The van der Waals surface area contributed by atoms with Gasteiger partial charge < -0.3 is 20.9 Å². The third-order valence-electron chi connectivity index (χ3n) is 6.18. The Morgan fingerprint density at radius 3 is 2.26 bits per heavy atom. The van der Waals surface area contributed by atoms with E-state index in [2.05, 4.69) is 48.6 Å². The number of rotatable bonds is 14. The predicted molar refractivity (Wildman–Crippen MR) is 147 cm³/mol. The topological polar surface area (TPSA) is 67.5 Å². The number of hydrogen-bond donors (Lipinski definition) is 3. The largest absolute Gasteiger partial charge is 0.396 e. The quantitative estimate of drug-likeness (QED) is 0.159. The average Bonchev–Trinajstić information content (AvgIpc) is 2.87. The summed E-state index contributed by atoms with van der Waals surface area (Å²) < 4.78 is 5.84. The molecule has 3 rings (SSSR count). The van der Waals surface area contributed by atoms with Gasteiger partial charge in [-0.05, 0) is 55.0 Å². The number of nitrogens with two attached hydrogens (primary N) is 1. The molecule has 0 saturated heterocycles. The molecule has 3 aromatic rings. The van der Waals surface area contributed by atoms with E-state index in [1.165, 1.54) is 16.7 Å². The maximum atomic E-state index is 10.7. The molecule has 2 unspecified atom stereocenters. The van der Waals surface area contributed by atoms with Crippen molar-refractivity contribution in [3.05, 3.63) is 99.0 Å².